The van der Waals surface area contributed by atoms with E-state index in [1.165, 1.54) is 30.3 Å². The molecular weight excluding hydrogens is 642 g/mol. The van der Waals surface area contributed by atoms with E-state index in [2.05, 4.69) is 29.8 Å². The molecule has 0 aliphatic carbocycles. The number of fused-ring (bicyclic) bond motifs is 2. The highest BCUT2D eigenvalue weighted by Crippen LogP contribution is 2.45. The number of aromatic hydroxyl groups is 1. The van der Waals surface area contributed by atoms with Crippen LogP contribution < -0.4 is 10.5 Å². The van der Waals surface area contributed by atoms with Crippen molar-refractivity contribution in [3.05, 3.63) is 78.9 Å². The maximum atomic E-state index is 12.0. The summed E-state index contributed by atoms with van der Waals surface area (Å²) in [7, 11) is -4.59. The van der Waals surface area contributed by atoms with E-state index < -0.39 is 27.7 Å². The number of nitrogen functional groups attached to an aromatic ring is 1. The lowest BCUT2D eigenvalue weighted by Crippen LogP contribution is -2.21. The molecule has 15 nitrogen and oxygen atoms in total. The standard InChI is InChI=1S/C29H25N5O10S2/c30-17-2-1-16-11-27(45-44-43-38)28(29(37)23(16)12-17)34-33-26-10-9-25(22-8-7-21(13-24(22)26)46(39,40)41)32-31-18-3-5-20(6-4-18)42-15-19(36)14-35/h1-13,19,35-38H,14-15,30H2,(H,39,40,41). The van der Waals surface area contributed by atoms with E-state index in [0.29, 0.717) is 51.0 Å². The van der Waals surface area contributed by atoms with Crippen molar-refractivity contribution in [2.45, 2.75) is 15.9 Å². The molecule has 46 heavy (non-hydrogen) atoms. The molecule has 0 fully saturated rings. The van der Waals surface area contributed by atoms with E-state index >= 15 is 0 Å². The zero-order valence-corrected chi connectivity index (χ0v) is 25.1. The Hall–Kier alpha value is -4.72. The second kappa shape index (κ2) is 14.1. The van der Waals surface area contributed by atoms with Crippen LogP contribution in [0.25, 0.3) is 21.5 Å². The summed E-state index contributed by atoms with van der Waals surface area (Å²) >= 11 is 0.551. The van der Waals surface area contributed by atoms with E-state index in [-0.39, 0.29) is 34.0 Å². The lowest BCUT2D eigenvalue weighted by atomic mass is 10.1. The fourth-order valence-corrected chi connectivity index (χ4v) is 5.27. The summed E-state index contributed by atoms with van der Waals surface area (Å²) in [6.45, 7) is -0.512. The predicted octanol–water partition coefficient (Wildman–Crippen LogP) is 6.52. The molecule has 0 radical (unpaired) electrons. The number of nitrogens with zero attached hydrogens (tertiary/aromatic N) is 4. The third-order valence-electron chi connectivity index (χ3n) is 6.49. The molecule has 0 aromatic heterocycles. The molecule has 5 aromatic rings. The highest BCUT2D eigenvalue weighted by molar-refractivity contribution is 7.94. The van der Waals surface area contributed by atoms with Gasteiger partial charge in [0.2, 0.25) is 0 Å². The quantitative estimate of drug-likeness (QED) is 0.0208. The largest absolute Gasteiger partial charge is 0.505 e. The van der Waals surface area contributed by atoms with Crippen molar-refractivity contribution in [2.75, 3.05) is 18.9 Å². The number of hydrogen-bond acceptors (Lipinski definition) is 15. The Morgan fingerprint density at radius 3 is 2.26 bits per heavy atom. The Kier molecular flexibility index (Phi) is 10.0. The minimum absolute atomic E-state index is 0.0682. The molecule has 0 amide bonds. The van der Waals surface area contributed by atoms with Crippen LogP contribution in [0.5, 0.6) is 11.5 Å². The van der Waals surface area contributed by atoms with Crippen LogP contribution in [0.1, 0.15) is 0 Å². The number of benzene rings is 5. The van der Waals surface area contributed by atoms with Gasteiger partial charge in [-0.1, -0.05) is 17.2 Å². The summed E-state index contributed by atoms with van der Waals surface area (Å²) in [6.07, 6.45) is -1.01. The van der Waals surface area contributed by atoms with Crippen molar-refractivity contribution >= 4 is 72.1 Å². The van der Waals surface area contributed by atoms with Gasteiger partial charge in [-0.15, -0.1) is 19.7 Å². The normalized spacial score (nSPS) is 12.9. The predicted molar refractivity (Wildman–Crippen MR) is 168 cm³/mol. The van der Waals surface area contributed by atoms with Crippen molar-refractivity contribution in [3.63, 3.8) is 0 Å². The summed E-state index contributed by atoms with van der Waals surface area (Å²) < 4.78 is 43.6. The Bertz CT molecular complexity index is 2060. The van der Waals surface area contributed by atoms with Crippen molar-refractivity contribution < 1.29 is 47.7 Å². The van der Waals surface area contributed by atoms with Gasteiger partial charge >= 0.3 is 0 Å². The third-order valence-corrected chi connectivity index (χ3v) is 7.96. The number of rotatable bonds is 12. The third kappa shape index (κ3) is 7.56. The van der Waals surface area contributed by atoms with E-state index in [1.54, 1.807) is 48.5 Å². The van der Waals surface area contributed by atoms with Crippen LogP contribution >= 0.6 is 12.0 Å². The number of aliphatic hydroxyl groups is 2. The minimum Gasteiger partial charge on any atom is -0.505 e. The highest BCUT2D eigenvalue weighted by atomic mass is 32.2. The number of phenolic OH excluding ortho intramolecular Hbond substituents is 1. The van der Waals surface area contributed by atoms with Crippen molar-refractivity contribution in [3.8, 4) is 11.5 Å². The Labute approximate surface area is 265 Å². The SMILES string of the molecule is Nc1ccc2cc(SOOO)c(N=Nc3ccc(N=Nc4ccc(OCC(O)CO)cc4)c4ccc(S(=O)(=O)O)cc34)c(O)c2c1. The van der Waals surface area contributed by atoms with Crippen LogP contribution in [0.2, 0.25) is 0 Å². The lowest BCUT2D eigenvalue weighted by molar-refractivity contribution is -0.432. The number of aliphatic hydroxyl groups excluding tert-OH is 2. The van der Waals surface area contributed by atoms with Gasteiger partial charge in [-0.3, -0.25) is 4.55 Å². The first-order valence-electron chi connectivity index (χ1n) is 13.2. The van der Waals surface area contributed by atoms with E-state index in [0.717, 1.165) is 0 Å². The molecular formula is C29H25N5O10S2. The molecule has 0 spiro atoms. The lowest BCUT2D eigenvalue weighted by Gasteiger charge is -2.10. The summed E-state index contributed by atoms with van der Waals surface area (Å²) in [6, 6.07) is 19.8. The summed E-state index contributed by atoms with van der Waals surface area (Å²) in [4.78, 5) is -0.192. The maximum Gasteiger partial charge on any atom is 0.294 e. The Balaban J connectivity index is 1.54. The number of nitrogens with two attached hydrogens (primary N) is 1. The fraction of sp³-hybridized carbons (Fsp3) is 0.103. The number of phenols is 1. The second-order valence-electron chi connectivity index (χ2n) is 9.61. The first kappa shape index (κ1) is 32.7. The monoisotopic (exact) mass is 667 g/mol. The van der Waals surface area contributed by atoms with Gasteiger partial charge in [0.15, 0.2) is 5.75 Å². The van der Waals surface area contributed by atoms with Crippen LogP contribution in [0.15, 0.2) is 109 Å². The molecule has 0 bridgehead atoms. The first-order valence-corrected chi connectivity index (χ1v) is 15.3. The molecule has 0 saturated carbocycles. The number of azo groups is 2. The Morgan fingerprint density at radius 1 is 0.848 bits per heavy atom. The molecule has 17 heteroatoms. The van der Waals surface area contributed by atoms with Crippen LogP contribution in [-0.4, -0.2) is 52.9 Å². The molecule has 1 unspecified atom stereocenters. The summed E-state index contributed by atoms with van der Waals surface area (Å²) in [5.41, 5.74) is 7.14. The molecule has 5 aromatic carbocycles. The zero-order valence-electron chi connectivity index (χ0n) is 23.5. The fourth-order valence-electron chi connectivity index (χ4n) is 4.27. The van der Waals surface area contributed by atoms with E-state index in [1.807, 2.05) is 0 Å². The van der Waals surface area contributed by atoms with Crippen LogP contribution in [0.3, 0.4) is 0 Å². The summed E-state index contributed by atoms with van der Waals surface area (Å²) in [5, 5.41) is 60.3. The first-order chi connectivity index (χ1) is 22.1. The van der Waals surface area contributed by atoms with Gasteiger partial charge in [-0.05, 0) is 72.1 Å². The highest BCUT2D eigenvalue weighted by Gasteiger charge is 2.17. The van der Waals surface area contributed by atoms with Crippen LogP contribution in [-0.2, 0) is 19.5 Å². The summed E-state index contributed by atoms with van der Waals surface area (Å²) in [5.74, 6) is 0.147. The molecule has 1 atom stereocenters. The van der Waals surface area contributed by atoms with Crippen molar-refractivity contribution in [1.82, 2.24) is 0 Å². The smallest absolute Gasteiger partial charge is 0.294 e. The van der Waals surface area contributed by atoms with Gasteiger partial charge < -0.3 is 25.8 Å². The average molecular weight is 668 g/mol. The number of anilines is 1. The van der Waals surface area contributed by atoms with Gasteiger partial charge in [-0.25, -0.2) is 5.26 Å². The molecule has 0 aliphatic heterocycles. The van der Waals surface area contributed by atoms with Gasteiger partial charge in [0.1, 0.15) is 24.1 Å². The molecule has 0 aliphatic rings. The zero-order chi connectivity index (χ0) is 32.8. The molecule has 7 N–H and O–H groups in total. The molecule has 5 rings (SSSR count). The second-order valence-corrected chi connectivity index (χ2v) is 11.8. The van der Waals surface area contributed by atoms with Gasteiger partial charge in [0, 0.05) is 21.8 Å². The van der Waals surface area contributed by atoms with Crippen LogP contribution in [0, 0.1) is 0 Å². The molecule has 0 heterocycles. The van der Waals surface area contributed by atoms with Crippen molar-refractivity contribution in [1.29, 1.82) is 0 Å². The topological polar surface area (TPSA) is 238 Å². The van der Waals surface area contributed by atoms with Crippen molar-refractivity contribution in [2.24, 2.45) is 20.5 Å². The van der Waals surface area contributed by atoms with E-state index in [4.69, 9.17) is 20.8 Å². The van der Waals surface area contributed by atoms with Gasteiger partial charge in [0.05, 0.1) is 45.5 Å². The molecule has 0 saturated heterocycles. The maximum absolute atomic E-state index is 12.0. The number of hydrogen-bond donors (Lipinski definition) is 6. The minimum atomic E-state index is -4.59. The molecule has 238 valence electrons. The van der Waals surface area contributed by atoms with E-state index in [9.17, 15) is 23.2 Å². The Morgan fingerprint density at radius 2 is 1.57 bits per heavy atom. The van der Waals surface area contributed by atoms with Crippen LogP contribution in [0.4, 0.5) is 28.4 Å². The number of ether oxygens (including phenoxy) is 1. The van der Waals surface area contributed by atoms with Gasteiger partial charge in [0.25, 0.3) is 10.1 Å². The van der Waals surface area contributed by atoms with Gasteiger partial charge in [-0.2, -0.15) is 13.5 Å². The average Bonchev–Trinajstić information content (AvgIpc) is 3.05.